The summed E-state index contributed by atoms with van der Waals surface area (Å²) < 4.78 is 13.4. The zero-order valence-corrected chi connectivity index (χ0v) is 16.2. The van der Waals surface area contributed by atoms with Crippen molar-refractivity contribution >= 4 is 56.7 Å². The third kappa shape index (κ3) is 2.91. The van der Waals surface area contributed by atoms with Gasteiger partial charge in [-0.2, -0.15) is 5.10 Å². The SMILES string of the molecule is Cc1[nH]nc2cc(Nc3cccc4c3C(=O)N(C(I)C(=O)O)C4)cc(F)c12. The second-order valence-electron chi connectivity index (χ2n) is 6.27. The zero-order chi connectivity index (χ0) is 19.3. The first-order chi connectivity index (χ1) is 12.9. The molecule has 2 heterocycles. The van der Waals surface area contributed by atoms with E-state index in [2.05, 4.69) is 15.5 Å². The molecule has 2 aromatic carbocycles. The number of carbonyl (C=O) groups excluding carboxylic acids is 1. The Hall–Kier alpha value is -2.69. The first kappa shape index (κ1) is 17.7. The van der Waals surface area contributed by atoms with Gasteiger partial charge in [0.15, 0.2) is 4.05 Å². The number of hydrogen-bond donors (Lipinski definition) is 3. The lowest BCUT2D eigenvalue weighted by molar-refractivity contribution is -0.138. The van der Waals surface area contributed by atoms with Gasteiger partial charge < -0.3 is 15.3 Å². The van der Waals surface area contributed by atoms with Crippen molar-refractivity contribution in [2.24, 2.45) is 0 Å². The molecule has 138 valence electrons. The Morgan fingerprint density at radius 1 is 1.44 bits per heavy atom. The number of rotatable bonds is 4. The molecule has 0 aliphatic carbocycles. The fourth-order valence-corrected chi connectivity index (χ4v) is 3.73. The van der Waals surface area contributed by atoms with E-state index in [1.54, 1.807) is 53.8 Å². The summed E-state index contributed by atoms with van der Waals surface area (Å²) in [6.45, 7) is 1.96. The molecule has 0 fully saturated rings. The van der Waals surface area contributed by atoms with Gasteiger partial charge in [0.25, 0.3) is 5.91 Å². The second-order valence-corrected chi connectivity index (χ2v) is 7.45. The van der Waals surface area contributed by atoms with E-state index in [0.29, 0.717) is 33.5 Å². The van der Waals surface area contributed by atoms with Crippen LogP contribution in [0, 0.1) is 12.7 Å². The zero-order valence-electron chi connectivity index (χ0n) is 14.1. The highest BCUT2D eigenvalue weighted by Gasteiger charge is 2.36. The van der Waals surface area contributed by atoms with Crippen molar-refractivity contribution in [1.82, 2.24) is 15.1 Å². The van der Waals surface area contributed by atoms with Gasteiger partial charge in [0.2, 0.25) is 0 Å². The number of nitrogens with one attached hydrogen (secondary N) is 2. The maximum absolute atomic E-state index is 14.4. The quantitative estimate of drug-likeness (QED) is 0.302. The van der Waals surface area contributed by atoms with Crippen LogP contribution in [0.1, 0.15) is 21.6 Å². The van der Waals surface area contributed by atoms with Crippen LogP contribution in [0.5, 0.6) is 0 Å². The number of carboxylic acid groups (broad SMARTS) is 1. The molecule has 1 amide bonds. The van der Waals surface area contributed by atoms with E-state index >= 15 is 0 Å². The Balaban J connectivity index is 1.71. The van der Waals surface area contributed by atoms with Crippen LogP contribution in [-0.2, 0) is 11.3 Å². The second kappa shape index (κ2) is 6.48. The highest BCUT2D eigenvalue weighted by atomic mass is 127. The summed E-state index contributed by atoms with van der Waals surface area (Å²) in [5, 5.41) is 19.5. The molecule has 1 aliphatic rings. The van der Waals surface area contributed by atoms with Gasteiger partial charge in [-0.3, -0.25) is 9.89 Å². The van der Waals surface area contributed by atoms with Gasteiger partial charge in [-0.15, -0.1) is 0 Å². The lowest BCUT2D eigenvalue weighted by Crippen LogP contribution is -2.36. The molecule has 0 bridgehead atoms. The molecule has 9 heteroatoms. The predicted molar refractivity (Wildman–Crippen MR) is 106 cm³/mol. The number of aryl methyl sites for hydroxylation is 1. The molecule has 0 saturated heterocycles. The minimum absolute atomic E-state index is 0.218. The van der Waals surface area contributed by atoms with E-state index < -0.39 is 15.8 Å². The monoisotopic (exact) mass is 480 g/mol. The average Bonchev–Trinajstić information content (AvgIpc) is 3.15. The highest BCUT2D eigenvalue weighted by molar-refractivity contribution is 14.1. The number of nitrogens with zero attached hydrogens (tertiary/aromatic N) is 2. The van der Waals surface area contributed by atoms with Crippen molar-refractivity contribution in [2.75, 3.05) is 5.32 Å². The Labute approximate surface area is 166 Å². The first-order valence-corrected chi connectivity index (χ1v) is 9.32. The molecule has 3 N–H and O–H groups in total. The fourth-order valence-electron chi connectivity index (χ4n) is 3.28. The van der Waals surface area contributed by atoms with Gasteiger partial charge in [0.05, 0.1) is 22.2 Å². The number of fused-ring (bicyclic) bond motifs is 2. The fraction of sp³-hybridized carbons (Fsp3) is 0.167. The van der Waals surface area contributed by atoms with Crippen LogP contribution < -0.4 is 5.32 Å². The summed E-state index contributed by atoms with van der Waals surface area (Å²) in [7, 11) is 0. The number of carbonyl (C=O) groups is 2. The molecular weight excluding hydrogens is 466 g/mol. The van der Waals surface area contributed by atoms with Crippen molar-refractivity contribution in [3.63, 3.8) is 0 Å². The molecule has 1 aromatic heterocycles. The van der Waals surface area contributed by atoms with Crippen LogP contribution in [0.25, 0.3) is 10.9 Å². The van der Waals surface area contributed by atoms with Crippen molar-refractivity contribution in [3.05, 3.63) is 53.0 Å². The third-order valence-electron chi connectivity index (χ3n) is 4.51. The van der Waals surface area contributed by atoms with Crippen LogP contribution in [0.4, 0.5) is 15.8 Å². The van der Waals surface area contributed by atoms with Crippen LogP contribution in [0.15, 0.2) is 30.3 Å². The number of aromatic nitrogens is 2. The van der Waals surface area contributed by atoms with Gasteiger partial charge in [-0.1, -0.05) is 12.1 Å². The largest absolute Gasteiger partial charge is 0.479 e. The summed E-state index contributed by atoms with van der Waals surface area (Å²) >= 11 is 1.72. The highest BCUT2D eigenvalue weighted by Crippen LogP contribution is 2.34. The van der Waals surface area contributed by atoms with Crippen molar-refractivity contribution in [3.8, 4) is 0 Å². The Bertz CT molecular complexity index is 1100. The van der Waals surface area contributed by atoms with Crippen molar-refractivity contribution in [1.29, 1.82) is 0 Å². The number of H-pyrrole nitrogens is 1. The smallest absolute Gasteiger partial charge is 0.336 e. The minimum Gasteiger partial charge on any atom is -0.479 e. The molecule has 1 aliphatic heterocycles. The summed E-state index contributed by atoms with van der Waals surface area (Å²) in [5.41, 5.74) is 3.20. The van der Waals surface area contributed by atoms with Gasteiger partial charge in [-0.25, -0.2) is 9.18 Å². The predicted octanol–water partition coefficient (Wildman–Crippen LogP) is 3.56. The molecule has 0 spiro atoms. The van der Waals surface area contributed by atoms with E-state index in [4.69, 9.17) is 0 Å². The molecule has 3 aromatic rings. The number of hydrogen-bond acceptors (Lipinski definition) is 4. The standard InChI is InChI=1S/C18H14FIN4O3/c1-8-14-11(19)5-10(6-13(14)23-22-8)21-12-4-2-3-9-7-24(16(20)18(26)27)17(25)15(9)12/h2-6,16,21H,7H2,1H3,(H,22,23)(H,26,27). The van der Waals surface area contributed by atoms with E-state index in [1.165, 1.54) is 11.0 Å². The van der Waals surface area contributed by atoms with Crippen LogP contribution in [0.2, 0.25) is 0 Å². The molecule has 0 radical (unpaired) electrons. The molecule has 1 unspecified atom stereocenters. The summed E-state index contributed by atoms with van der Waals surface area (Å²) in [6.07, 6.45) is 0. The molecule has 7 nitrogen and oxygen atoms in total. The van der Waals surface area contributed by atoms with Crippen molar-refractivity contribution < 1.29 is 19.1 Å². The van der Waals surface area contributed by atoms with E-state index in [1.807, 2.05) is 0 Å². The lowest BCUT2D eigenvalue weighted by Gasteiger charge is -2.18. The number of carboxylic acids is 1. The summed E-state index contributed by atoms with van der Waals surface area (Å²) in [5.74, 6) is -1.86. The Morgan fingerprint density at radius 2 is 2.22 bits per heavy atom. The lowest BCUT2D eigenvalue weighted by atomic mass is 10.1. The summed E-state index contributed by atoms with van der Waals surface area (Å²) in [4.78, 5) is 25.3. The normalized spacial score (nSPS) is 14.5. The van der Waals surface area contributed by atoms with Gasteiger partial charge in [0, 0.05) is 17.9 Å². The van der Waals surface area contributed by atoms with Crippen molar-refractivity contribution in [2.45, 2.75) is 17.5 Å². The maximum Gasteiger partial charge on any atom is 0.336 e. The van der Waals surface area contributed by atoms with E-state index in [9.17, 15) is 19.1 Å². The molecule has 1 atom stereocenters. The van der Waals surface area contributed by atoms with Crippen LogP contribution in [-0.4, -0.2) is 36.1 Å². The Kier molecular flexibility index (Phi) is 4.25. The molecule has 0 saturated carbocycles. The third-order valence-corrected chi connectivity index (χ3v) is 5.72. The number of benzene rings is 2. The number of amides is 1. The van der Waals surface area contributed by atoms with E-state index in [-0.39, 0.29) is 12.5 Å². The number of aromatic amines is 1. The first-order valence-electron chi connectivity index (χ1n) is 8.08. The van der Waals surface area contributed by atoms with E-state index in [0.717, 1.165) is 5.56 Å². The molecule has 27 heavy (non-hydrogen) atoms. The molecular formula is C18H14FIN4O3. The van der Waals surface area contributed by atoms with Crippen LogP contribution >= 0.6 is 22.6 Å². The number of aliphatic carboxylic acids is 1. The minimum atomic E-state index is -1.08. The topological polar surface area (TPSA) is 98.3 Å². The Morgan fingerprint density at radius 3 is 2.96 bits per heavy atom. The van der Waals surface area contributed by atoms with Gasteiger partial charge in [-0.05, 0) is 53.3 Å². The van der Waals surface area contributed by atoms with Crippen LogP contribution in [0.3, 0.4) is 0 Å². The van der Waals surface area contributed by atoms with Gasteiger partial charge in [0.1, 0.15) is 5.82 Å². The number of halogens is 2. The molecule has 4 rings (SSSR count). The maximum atomic E-state index is 14.4. The number of anilines is 2. The van der Waals surface area contributed by atoms with Gasteiger partial charge >= 0.3 is 5.97 Å². The summed E-state index contributed by atoms with van der Waals surface area (Å²) in [6, 6.07) is 8.30. The number of alkyl halides is 1. The average molecular weight is 480 g/mol.